The number of nitrogens with two attached hydrogens (primary N) is 1. The quantitative estimate of drug-likeness (QED) is 0.829. The fourth-order valence-electron chi connectivity index (χ4n) is 1.59. The molecule has 0 atom stereocenters. The third-order valence-electron chi connectivity index (χ3n) is 2.33. The first-order valence-corrected chi connectivity index (χ1v) is 5.03. The smallest absolute Gasteiger partial charge is 0.271 e. The minimum Gasteiger partial charge on any atom is -0.364 e. The molecule has 1 aromatic heterocycles. The third kappa shape index (κ3) is 1.67. The number of carbonyl (C=O) groups is 1. The van der Waals surface area contributed by atoms with Crippen molar-refractivity contribution in [1.82, 2.24) is 15.0 Å². The van der Waals surface area contributed by atoms with Gasteiger partial charge in [-0.3, -0.25) is 4.79 Å². The largest absolute Gasteiger partial charge is 0.364 e. The normalized spacial score (nSPS) is 10.3. The molecule has 1 aromatic carbocycles. The van der Waals surface area contributed by atoms with Crippen molar-refractivity contribution >= 4 is 5.91 Å². The van der Waals surface area contributed by atoms with Crippen molar-refractivity contribution in [1.29, 1.82) is 0 Å². The zero-order valence-electron chi connectivity index (χ0n) is 8.92. The fraction of sp³-hybridized carbons (Fsp3) is 0.182. The molecule has 0 saturated carbocycles. The Morgan fingerprint density at radius 3 is 2.62 bits per heavy atom. The molecule has 0 fully saturated rings. The van der Waals surface area contributed by atoms with Gasteiger partial charge in [0.15, 0.2) is 5.69 Å². The molecule has 2 N–H and O–H groups in total. The van der Waals surface area contributed by atoms with Crippen molar-refractivity contribution in [3.63, 3.8) is 0 Å². The number of benzene rings is 1. The molecule has 5 nitrogen and oxygen atoms in total. The lowest BCUT2D eigenvalue weighted by atomic mass is 10.2. The van der Waals surface area contributed by atoms with Crippen LogP contribution >= 0.6 is 0 Å². The number of amides is 1. The zero-order chi connectivity index (χ0) is 11.5. The monoisotopic (exact) mass is 216 g/mol. The Hall–Kier alpha value is -2.17. The van der Waals surface area contributed by atoms with E-state index in [-0.39, 0.29) is 5.69 Å². The van der Waals surface area contributed by atoms with E-state index < -0.39 is 5.91 Å². The molecule has 82 valence electrons. The number of carbonyl (C=O) groups excluding carboxylic acids is 1. The van der Waals surface area contributed by atoms with Gasteiger partial charge in [-0.1, -0.05) is 30.3 Å². The maximum atomic E-state index is 11.1. The standard InChI is InChI=1S/C11H12N4O/c1-2-9-10(11(12)16)13-14-15(9)8-6-4-3-5-7-8/h3-7H,2H2,1H3,(H2,12,16). The number of primary amides is 1. The van der Waals surface area contributed by atoms with Gasteiger partial charge >= 0.3 is 0 Å². The van der Waals surface area contributed by atoms with Crippen LogP contribution < -0.4 is 5.73 Å². The van der Waals surface area contributed by atoms with Crippen LogP contribution in [0.4, 0.5) is 0 Å². The maximum Gasteiger partial charge on any atom is 0.271 e. The van der Waals surface area contributed by atoms with Gasteiger partial charge in [0.1, 0.15) is 0 Å². The lowest BCUT2D eigenvalue weighted by molar-refractivity contribution is 0.0994. The molecule has 2 aromatic rings. The third-order valence-corrected chi connectivity index (χ3v) is 2.33. The van der Waals surface area contributed by atoms with Crippen LogP contribution in [0.2, 0.25) is 0 Å². The number of hydrogen-bond acceptors (Lipinski definition) is 3. The van der Waals surface area contributed by atoms with E-state index in [9.17, 15) is 4.79 Å². The van der Waals surface area contributed by atoms with Crippen molar-refractivity contribution < 1.29 is 4.79 Å². The first kappa shape index (κ1) is 10.4. The van der Waals surface area contributed by atoms with Gasteiger partial charge in [0, 0.05) is 0 Å². The molecular weight excluding hydrogens is 204 g/mol. The summed E-state index contributed by atoms with van der Waals surface area (Å²) in [5.74, 6) is -0.543. The van der Waals surface area contributed by atoms with E-state index in [1.807, 2.05) is 37.3 Å². The molecule has 0 bridgehead atoms. The number of para-hydroxylation sites is 1. The molecule has 0 saturated heterocycles. The number of hydrogen-bond donors (Lipinski definition) is 1. The average Bonchev–Trinajstić information content (AvgIpc) is 2.73. The number of nitrogens with zero attached hydrogens (tertiary/aromatic N) is 3. The van der Waals surface area contributed by atoms with Crippen LogP contribution in [0.1, 0.15) is 23.1 Å². The Balaban J connectivity index is 2.54. The van der Waals surface area contributed by atoms with E-state index in [2.05, 4.69) is 10.3 Å². The van der Waals surface area contributed by atoms with Crippen LogP contribution in [0, 0.1) is 0 Å². The summed E-state index contributed by atoms with van der Waals surface area (Å²) in [6.07, 6.45) is 0.653. The maximum absolute atomic E-state index is 11.1. The summed E-state index contributed by atoms with van der Waals surface area (Å²) < 4.78 is 1.64. The van der Waals surface area contributed by atoms with E-state index in [1.165, 1.54) is 0 Å². The number of aromatic nitrogens is 3. The summed E-state index contributed by atoms with van der Waals surface area (Å²) in [6.45, 7) is 1.94. The van der Waals surface area contributed by atoms with Crippen molar-refractivity contribution in [2.45, 2.75) is 13.3 Å². The summed E-state index contributed by atoms with van der Waals surface area (Å²) in [5, 5.41) is 7.75. The highest BCUT2D eigenvalue weighted by Crippen LogP contribution is 2.12. The zero-order valence-corrected chi connectivity index (χ0v) is 8.92. The fourth-order valence-corrected chi connectivity index (χ4v) is 1.59. The van der Waals surface area contributed by atoms with Gasteiger partial charge in [-0.05, 0) is 18.6 Å². The van der Waals surface area contributed by atoms with Crippen molar-refractivity contribution in [3.05, 3.63) is 41.7 Å². The van der Waals surface area contributed by atoms with Gasteiger partial charge in [-0.15, -0.1) is 5.10 Å². The Morgan fingerprint density at radius 2 is 2.06 bits per heavy atom. The van der Waals surface area contributed by atoms with Crippen LogP contribution in [0.15, 0.2) is 30.3 Å². The Morgan fingerprint density at radius 1 is 1.38 bits per heavy atom. The highest BCUT2D eigenvalue weighted by molar-refractivity contribution is 5.91. The molecule has 1 heterocycles. The molecule has 0 radical (unpaired) electrons. The number of rotatable bonds is 3. The molecule has 0 aliphatic rings. The highest BCUT2D eigenvalue weighted by Gasteiger charge is 2.16. The van der Waals surface area contributed by atoms with Crippen molar-refractivity contribution in [2.75, 3.05) is 0 Å². The van der Waals surface area contributed by atoms with Crippen molar-refractivity contribution in [2.24, 2.45) is 5.73 Å². The summed E-state index contributed by atoms with van der Waals surface area (Å²) in [4.78, 5) is 11.1. The van der Waals surface area contributed by atoms with Gasteiger partial charge in [0.05, 0.1) is 11.4 Å². The minimum absolute atomic E-state index is 0.242. The van der Waals surface area contributed by atoms with Gasteiger partial charge in [0.25, 0.3) is 5.91 Å². The van der Waals surface area contributed by atoms with Gasteiger partial charge in [0.2, 0.25) is 0 Å². The van der Waals surface area contributed by atoms with E-state index in [4.69, 9.17) is 5.73 Å². The molecule has 2 rings (SSSR count). The molecule has 0 aliphatic heterocycles. The molecule has 1 amide bonds. The summed E-state index contributed by atoms with van der Waals surface area (Å²) in [6, 6.07) is 9.53. The second kappa shape index (κ2) is 4.14. The molecule has 0 spiro atoms. The molecule has 0 aliphatic carbocycles. The Kier molecular flexibility index (Phi) is 2.68. The SMILES string of the molecule is CCc1c(C(N)=O)nnn1-c1ccccc1. The highest BCUT2D eigenvalue weighted by atomic mass is 16.1. The average molecular weight is 216 g/mol. The molecular formula is C11H12N4O. The Bertz CT molecular complexity index is 504. The summed E-state index contributed by atoms with van der Waals surface area (Å²) in [7, 11) is 0. The minimum atomic E-state index is -0.543. The second-order valence-electron chi connectivity index (χ2n) is 3.35. The van der Waals surface area contributed by atoms with Crippen LogP contribution in [-0.2, 0) is 6.42 Å². The molecule has 16 heavy (non-hydrogen) atoms. The first-order chi connectivity index (χ1) is 7.74. The Labute approximate surface area is 92.9 Å². The lowest BCUT2D eigenvalue weighted by Crippen LogP contribution is -2.14. The van der Waals surface area contributed by atoms with Gasteiger partial charge in [-0.25, -0.2) is 4.68 Å². The second-order valence-corrected chi connectivity index (χ2v) is 3.35. The van der Waals surface area contributed by atoms with Crippen molar-refractivity contribution in [3.8, 4) is 5.69 Å². The summed E-state index contributed by atoms with van der Waals surface area (Å²) in [5.41, 5.74) is 7.08. The van der Waals surface area contributed by atoms with Crippen LogP contribution in [0.25, 0.3) is 5.69 Å². The van der Waals surface area contributed by atoms with E-state index >= 15 is 0 Å². The van der Waals surface area contributed by atoms with E-state index in [1.54, 1.807) is 4.68 Å². The van der Waals surface area contributed by atoms with Crippen LogP contribution in [0.3, 0.4) is 0 Å². The predicted molar refractivity (Wildman–Crippen MR) is 59.3 cm³/mol. The van der Waals surface area contributed by atoms with Gasteiger partial charge < -0.3 is 5.73 Å². The molecule has 5 heteroatoms. The predicted octanol–water partition coefficient (Wildman–Crippen LogP) is 0.929. The topological polar surface area (TPSA) is 73.8 Å². The van der Waals surface area contributed by atoms with Crippen LogP contribution in [0.5, 0.6) is 0 Å². The lowest BCUT2D eigenvalue weighted by Gasteiger charge is -2.04. The molecule has 0 unspecified atom stereocenters. The summed E-state index contributed by atoms with van der Waals surface area (Å²) >= 11 is 0. The first-order valence-electron chi connectivity index (χ1n) is 5.03. The van der Waals surface area contributed by atoms with Crippen LogP contribution in [-0.4, -0.2) is 20.9 Å². The van der Waals surface area contributed by atoms with E-state index in [0.29, 0.717) is 6.42 Å². The van der Waals surface area contributed by atoms with E-state index in [0.717, 1.165) is 11.4 Å². The van der Waals surface area contributed by atoms with Gasteiger partial charge in [-0.2, -0.15) is 0 Å².